The molecule has 2 aliphatic rings. The maximum absolute atomic E-state index is 12.8. The van der Waals surface area contributed by atoms with Gasteiger partial charge in [0.2, 0.25) is 0 Å². The number of fused-ring (bicyclic) bond motifs is 1. The van der Waals surface area contributed by atoms with Crippen molar-refractivity contribution in [2.24, 2.45) is 10.9 Å². The first kappa shape index (κ1) is 25.8. The summed E-state index contributed by atoms with van der Waals surface area (Å²) in [6.45, 7) is 10.4. The number of aliphatic hydroxyl groups excluding tert-OH is 1. The third-order valence-electron chi connectivity index (χ3n) is 5.69. The number of rotatable bonds is 7. The van der Waals surface area contributed by atoms with Crippen molar-refractivity contribution in [3.63, 3.8) is 0 Å². The van der Waals surface area contributed by atoms with Crippen molar-refractivity contribution in [1.29, 1.82) is 0 Å². The van der Waals surface area contributed by atoms with E-state index in [1.807, 2.05) is 52.0 Å². The van der Waals surface area contributed by atoms with Gasteiger partial charge >= 0.3 is 6.09 Å². The fourth-order valence-corrected chi connectivity index (χ4v) is 5.24. The van der Waals surface area contributed by atoms with Gasteiger partial charge in [-0.3, -0.25) is 9.89 Å². The maximum Gasteiger partial charge on any atom is 0.416 e. The Morgan fingerprint density at radius 2 is 1.97 bits per heavy atom. The van der Waals surface area contributed by atoms with Crippen LogP contribution in [0.15, 0.2) is 29.3 Å². The summed E-state index contributed by atoms with van der Waals surface area (Å²) in [6.07, 6.45) is -0.280. The number of benzene rings is 1. The van der Waals surface area contributed by atoms with E-state index in [4.69, 9.17) is 23.9 Å². The molecule has 1 aromatic carbocycles. The van der Waals surface area contributed by atoms with Crippen molar-refractivity contribution in [1.82, 2.24) is 4.90 Å². The van der Waals surface area contributed by atoms with Gasteiger partial charge in [0.25, 0.3) is 0 Å². The number of carbonyl (C=O) groups is 1. The molecule has 0 aliphatic carbocycles. The fraction of sp³-hybridized carbons (Fsp3) is 0.667. The summed E-state index contributed by atoms with van der Waals surface area (Å²) in [5.74, 6) is 0.821. The van der Waals surface area contributed by atoms with Gasteiger partial charge in [-0.25, -0.2) is 4.79 Å². The topological polar surface area (TPSA) is 89.8 Å². The highest BCUT2D eigenvalue weighted by Gasteiger charge is 2.49. The Hall–Kier alpha value is -1.81. The number of amidine groups is 1. The molecule has 5 atom stereocenters. The highest BCUT2D eigenvalue weighted by molar-refractivity contribution is 8.14. The molecule has 3 rings (SSSR count). The molecule has 0 bridgehead atoms. The first-order valence-electron chi connectivity index (χ1n) is 11.4. The van der Waals surface area contributed by atoms with Crippen LogP contribution in [-0.4, -0.2) is 70.8 Å². The van der Waals surface area contributed by atoms with Crippen LogP contribution in [0.25, 0.3) is 0 Å². The zero-order valence-corrected chi connectivity index (χ0v) is 21.1. The number of methoxy groups -OCH3 is 1. The van der Waals surface area contributed by atoms with Crippen LogP contribution in [0, 0.1) is 5.92 Å². The van der Waals surface area contributed by atoms with E-state index in [9.17, 15) is 9.90 Å². The molecule has 0 radical (unpaired) electrons. The van der Waals surface area contributed by atoms with Gasteiger partial charge in [0.1, 0.15) is 22.8 Å². The molecule has 0 spiro atoms. The summed E-state index contributed by atoms with van der Waals surface area (Å²) >= 11 is 1.42. The number of hydrogen-bond acceptors (Lipinski definition) is 8. The van der Waals surface area contributed by atoms with Gasteiger partial charge in [-0.15, -0.1) is 0 Å². The highest BCUT2D eigenvalue weighted by Crippen LogP contribution is 2.42. The van der Waals surface area contributed by atoms with Crippen LogP contribution in [-0.2, 0) is 20.8 Å². The van der Waals surface area contributed by atoms with Crippen LogP contribution in [0.1, 0.15) is 46.6 Å². The SMILES string of the molecule is CCN(C(=O)OC(C)(C)C)C1=N[C@@H]2[C@@H](OCc3ccc(OC)cc3)[C@H](C)[C@@H](CCO)O[C@@H]2S1. The third-order valence-corrected chi connectivity index (χ3v) is 6.85. The van der Waals surface area contributed by atoms with Gasteiger partial charge in [-0.2, -0.15) is 0 Å². The third kappa shape index (κ3) is 6.41. The lowest BCUT2D eigenvalue weighted by Gasteiger charge is -2.41. The molecule has 0 aromatic heterocycles. The quantitative estimate of drug-likeness (QED) is 0.630. The lowest BCUT2D eigenvalue weighted by Crippen LogP contribution is -2.51. The van der Waals surface area contributed by atoms with Gasteiger partial charge in [0, 0.05) is 19.1 Å². The monoisotopic (exact) mass is 480 g/mol. The lowest BCUT2D eigenvalue weighted by atomic mass is 9.88. The zero-order chi connectivity index (χ0) is 24.2. The molecule has 0 unspecified atom stereocenters. The number of aliphatic hydroxyl groups is 1. The number of thioether (sulfide) groups is 1. The standard InChI is InChI=1S/C24H36N2O6S/c1-7-26(23(28)32-24(3,4)5)22-25-19-20(15(2)18(12-13-27)31-21(19)33-22)30-14-16-8-10-17(29-6)11-9-16/h8-11,15,18-21,27H,7,12-14H2,1-6H3/t15-,18-,19-,20+,21-/m1/s1. The van der Waals surface area contributed by atoms with E-state index in [0.717, 1.165) is 11.3 Å². The molecule has 0 saturated carbocycles. The Morgan fingerprint density at radius 1 is 1.27 bits per heavy atom. The summed E-state index contributed by atoms with van der Waals surface area (Å²) in [4.78, 5) is 19.2. The van der Waals surface area contributed by atoms with E-state index in [-0.39, 0.29) is 36.2 Å². The number of amides is 1. The molecule has 184 valence electrons. The van der Waals surface area contributed by atoms with Crippen molar-refractivity contribution >= 4 is 23.0 Å². The summed E-state index contributed by atoms with van der Waals surface area (Å²) in [5.41, 5.74) is 0.149. The molecule has 8 nitrogen and oxygen atoms in total. The molecule has 1 N–H and O–H groups in total. The number of nitrogens with zero attached hydrogens (tertiary/aromatic N) is 2. The van der Waals surface area contributed by atoms with E-state index in [2.05, 4.69) is 6.92 Å². The van der Waals surface area contributed by atoms with Crippen LogP contribution >= 0.6 is 11.8 Å². The van der Waals surface area contributed by atoms with Crippen LogP contribution in [0.3, 0.4) is 0 Å². The van der Waals surface area contributed by atoms with Crippen LogP contribution < -0.4 is 4.74 Å². The summed E-state index contributed by atoms with van der Waals surface area (Å²) < 4.78 is 23.5. The van der Waals surface area contributed by atoms with Gasteiger partial charge in [-0.05, 0) is 51.8 Å². The number of aliphatic imine (C=N–C) groups is 1. The Labute approximate surface area is 200 Å². The van der Waals surface area contributed by atoms with E-state index in [0.29, 0.717) is 24.7 Å². The summed E-state index contributed by atoms with van der Waals surface area (Å²) in [7, 11) is 1.64. The van der Waals surface area contributed by atoms with Crippen LogP contribution in [0.5, 0.6) is 5.75 Å². The molecule has 1 aromatic rings. The minimum atomic E-state index is -0.595. The lowest BCUT2D eigenvalue weighted by molar-refractivity contribution is -0.140. The largest absolute Gasteiger partial charge is 0.497 e. The summed E-state index contributed by atoms with van der Waals surface area (Å²) in [5, 5.41) is 10.1. The molecule has 1 saturated heterocycles. The van der Waals surface area contributed by atoms with Crippen molar-refractivity contribution < 1.29 is 28.8 Å². The average Bonchev–Trinajstić information content (AvgIpc) is 3.16. The molecule has 2 aliphatic heterocycles. The van der Waals surface area contributed by atoms with E-state index < -0.39 is 11.7 Å². The predicted molar refractivity (Wildman–Crippen MR) is 129 cm³/mol. The van der Waals surface area contributed by atoms with E-state index in [1.54, 1.807) is 12.0 Å². The van der Waals surface area contributed by atoms with E-state index in [1.165, 1.54) is 11.8 Å². The molecule has 2 heterocycles. The number of ether oxygens (including phenoxy) is 4. The van der Waals surface area contributed by atoms with Gasteiger partial charge in [0.15, 0.2) is 5.17 Å². The average molecular weight is 481 g/mol. The molecular weight excluding hydrogens is 444 g/mol. The van der Waals surface area contributed by atoms with Crippen molar-refractivity contribution in [3.05, 3.63) is 29.8 Å². The number of hydrogen-bond donors (Lipinski definition) is 1. The Kier molecular flexibility index (Phi) is 8.66. The second-order valence-corrected chi connectivity index (χ2v) is 10.3. The Bertz CT molecular complexity index is 825. The van der Waals surface area contributed by atoms with E-state index >= 15 is 0 Å². The molecule has 9 heteroatoms. The Morgan fingerprint density at radius 3 is 2.55 bits per heavy atom. The van der Waals surface area contributed by atoms with Gasteiger partial charge in [-0.1, -0.05) is 30.8 Å². The second-order valence-electron chi connectivity index (χ2n) is 9.28. The normalized spacial score (nSPS) is 27.0. The second kappa shape index (κ2) is 11.1. The zero-order valence-electron chi connectivity index (χ0n) is 20.3. The van der Waals surface area contributed by atoms with Crippen molar-refractivity contribution in [2.75, 3.05) is 20.3 Å². The maximum atomic E-state index is 12.8. The smallest absolute Gasteiger partial charge is 0.416 e. The molecule has 33 heavy (non-hydrogen) atoms. The number of carbonyl (C=O) groups excluding carboxylic acids is 1. The first-order valence-corrected chi connectivity index (χ1v) is 12.3. The predicted octanol–water partition coefficient (Wildman–Crippen LogP) is 4.05. The van der Waals surface area contributed by atoms with Gasteiger partial charge < -0.3 is 24.1 Å². The van der Waals surface area contributed by atoms with Crippen LogP contribution in [0.4, 0.5) is 4.79 Å². The van der Waals surface area contributed by atoms with Crippen LogP contribution in [0.2, 0.25) is 0 Å². The first-order chi connectivity index (χ1) is 15.7. The summed E-state index contributed by atoms with van der Waals surface area (Å²) in [6, 6.07) is 7.51. The Balaban J connectivity index is 1.79. The molecule has 1 fully saturated rings. The fourth-order valence-electron chi connectivity index (χ4n) is 3.96. The highest BCUT2D eigenvalue weighted by atomic mass is 32.2. The molecule has 1 amide bonds. The minimum absolute atomic E-state index is 0.0250. The minimum Gasteiger partial charge on any atom is -0.497 e. The van der Waals surface area contributed by atoms with Gasteiger partial charge in [0.05, 0.1) is 25.9 Å². The van der Waals surface area contributed by atoms with Crippen molar-refractivity contribution in [3.8, 4) is 5.75 Å². The molecular formula is C24H36N2O6S. The van der Waals surface area contributed by atoms with Crippen molar-refractivity contribution in [2.45, 2.75) is 76.9 Å².